The van der Waals surface area contributed by atoms with Gasteiger partial charge in [-0.25, -0.2) is 0 Å². The zero-order valence-electron chi connectivity index (χ0n) is 6.21. The number of nitrogen functional groups attached to an aromatic ring is 1. The van der Waals surface area contributed by atoms with Gasteiger partial charge in [0.05, 0.1) is 11.9 Å². The van der Waals surface area contributed by atoms with Crippen molar-refractivity contribution < 1.29 is 0 Å². The summed E-state index contributed by atoms with van der Waals surface area (Å²) in [5, 5.41) is 0. The molecule has 2 rings (SSSR count). The number of thioether (sulfide) groups is 1. The van der Waals surface area contributed by atoms with Crippen LogP contribution in [0.2, 0.25) is 0 Å². The van der Waals surface area contributed by atoms with E-state index < -0.39 is 0 Å². The van der Waals surface area contributed by atoms with E-state index in [1.54, 1.807) is 6.20 Å². The van der Waals surface area contributed by atoms with Crippen LogP contribution in [0.5, 0.6) is 0 Å². The molecule has 1 aliphatic heterocycles. The van der Waals surface area contributed by atoms with Crippen LogP contribution in [-0.4, -0.2) is 10.7 Å². The fourth-order valence-corrected chi connectivity index (χ4v) is 2.36. The number of nitrogens with zero attached hydrogens (tertiary/aromatic N) is 1. The lowest BCUT2D eigenvalue weighted by Crippen LogP contribution is -2.06. The molecular weight excluding hydrogens is 156 g/mol. The number of rotatable bonds is 0. The topological polar surface area (TPSA) is 38.9 Å². The molecule has 2 nitrogen and oxygen atoms in total. The van der Waals surface area contributed by atoms with E-state index in [4.69, 9.17) is 5.73 Å². The molecule has 1 aromatic rings. The molecule has 2 heterocycles. The lowest BCUT2D eigenvalue weighted by atomic mass is 10.1. The lowest BCUT2D eigenvalue weighted by Gasteiger charge is -2.15. The molecule has 0 aliphatic carbocycles. The van der Waals surface area contributed by atoms with Gasteiger partial charge in [-0.1, -0.05) is 0 Å². The Kier molecular flexibility index (Phi) is 1.74. The van der Waals surface area contributed by atoms with Gasteiger partial charge in [0.2, 0.25) is 0 Å². The van der Waals surface area contributed by atoms with Crippen molar-refractivity contribution in [1.29, 1.82) is 0 Å². The summed E-state index contributed by atoms with van der Waals surface area (Å²) in [4.78, 5) is 4.06. The zero-order valence-corrected chi connectivity index (χ0v) is 7.03. The fraction of sp³-hybridized carbons (Fsp3) is 0.375. The number of aryl methyl sites for hydroxylation is 1. The molecule has 58 valence electrons. The number of anilines is 1. The van der Waals surface area contributed by atoms with Crippen LogP contribution in [0.4, 0.5) is 5.69 Å². The Balaban J connectivity index is 2.49. The largest absolute Gasteiger partial charge is 0.397 e. The molecule has 0 aromatic carbocycles. The molecule has 0 fully saturated rings. The highest BCUT2D eigenvalue weighted by molar-refractivity contribution is 7.98. The average Bonchev–Trinajstić information content (AvgIpc) is 2.06. The molecule has 1 aromatic heterocycles. The second-order valence-electron chi connectivity index (χ2n) is 2.67. The van der Waals surface area contributed by atoms with Crippen LogP contribution >= 0.6 is 11.8 Å². The van der Waals surface area contributed by atoms with E-state index >= 15 is 0 Å². The average molecular weight is 166 g/mol. The highest BCUT2D eigenvalue weighted by Gasteiger charge is 2.11. The summed E-state index contributed by atoms with van der Waals surface area (Å²) < 4.78 is 0. The van der Waals surface area contributed by atoms with E-state index in [-0.39, 0.29) is 0 Å². The maximum Gasteiger partial charge on any atom is 0.0544 e. The first-order valence-electron chi connectivity index (χ1n) is 3.67. The van der Waals surface area contributed by atoms with E-state index in [1.807, 2.05) is 18.0 Å². The first-order chi connectivity index (χ1) is 5.38. The van der Waals surface area contributed by atoms with E-state index in [9.17, 15) is 0 Å². The molecule has 2 N–H and O–H groups in total. The van der Waals surface area contributed by atoms with Gasteiger partial charge in [-0.3, -0.25) is 4.98 Å². The van der Waals surface area contributed by atoms with Crippen LogP contribution in [0.1, 0.15) is 11.1 Å². The maximum absolute atomic E-state index is 5.77. The minimum Gasteiger partial charge on any atom is -0.397 e. The molecule has 11 heavy (non-hydrogen) atoms. The van der Waals surface area contributed by atoms with Crippen LogP contribution in [0.25, 0.3) is 0 Å². The van der Waals surface area contributed by atoms with Gasteiger partial charge in [-0.2, -0.15) is 11.8 Å². The summed E-state index contributed by atoms with van der Waals surface area (Å²) >= 11 is 1.94. The molecule has 0 unspecified atom stereocenters. The summed E-state index contributed by atoms with van der Waals surface area (Å²) in [7, 11) is 0. The monoisotopic (exact) mass is 166 g/mol. The molecule has 0 spiro atoms. The number of fused-ring (bicyclic) bond motifs is 1. The third-order valence-electron chi connectivity index (χ3n) is 1.94. The zero-order chi connectivity index (χ0) is 7.68. The highest BCUT2D eigenvalue weighted by atomic mass is 32.2. The van der Waals surface area contributed by atoms with Crippen LogP contribution in [0.3, 0.4) is 0 Å². The van der Waals surface area contributed by atoms with Gasteiger partial charge >= 0.3 is 0 Å². The number of hydrogen-bond acceptors (Lipinski definition) is 3. The smallest absolute Gasteiger partial charge is 0.0544 e. The second kappa shape index (κ2) is 2.74. The molecule has 3 heteroatoms. The first kappa shape index (κ1) is 6.98. The Labute approximate surface area is 70.2 Å². The molecule has 1 aliphatic rings. The van der Waals surface area contributed by atoms with E-state index in [1.165, 1.54) is 16.9 Å². The Hall–Kier alpha value is -0.700. The van der Waals surface area contributed by atoms with E-state index in [0.717, 1.165) is 17.9 Å². The van der Waals surface area contributed by atoms with Gasteiger partial charge in [0.25, 0.3) is 0 Å². The van der Waals surface area contributed by atoms with Crippen LogP contribution in [-0.2, 0) is 12.2 Å². The van der Waals surface area contributed by atoms with Crippen molar-refractivity contribution in [3.8, 4) is 0 Å². The van der Waals surface area contributed by atoms with Crippen molar-refractivity contribution in [1.82, 2.24) is 4.98 Å². The van der Waals surface area contributed by atoms with Crippen LogP contribution < -0.4 is 5.73 Å². The fourth-order valence-electron chi connectivity index (χ4n) is 1.30. The third-order valence-corrected chi connectivity index (χ3v) is 2.93. The van der Waals surface area contributed by atoms with Crippen molar-refractivity contribution >= 4 is 17.4 Å². The molecular formula is C8H10N2S. The number of aromatic nitrogens is 1. The van der Waals surface area contributed by atoms with Gasteiger partial charge in [-0.15, -0.1) is 0 Å². The number of hydrogen-bond donors (Lipinski definition) is 1. The number of pyridine rings is 1. The third kappa shape index (κ3) is 1.20. The quantitative estimate of drug-likeness (QED) is 0.634. The van der Waals surface area contributed by atoms with Crippen molar-refractivity contribution in [2.75, 3.05) is 11.5 Å². The van der Waals surface area contributed by atoms with Crippen LogP contribution in [0, 0.1) is 0 Å². The van der Waals surface area contributed by atoms with Gasteiger partial charge in [0.15, 0.2) is 0 Å². The predicted molar refractivity (Wildman–Crippen MR) is 48.5 cm³/mol. The van der Waals surface area contributed by atoms with Gasteiger partial charge in [0.1, 0.15) is 0 Å². The lowest BCUT2D eigenvalue weighted by molar-refractivity contribution is 1.06. The maximum atomic E-state index is 5.77. The minimum atomic E-state index is 0.856. The molecule has 0 amide bonds. The highest BCUT2D eigenvalue weighted by Crippen LogP contribution is 2.27. The molecule has 0 bridgehead atoms. The summed E-state index contributed by atoms with van der Waals surface area (Å²) in [6.07, 6.45) is 4.80. The normalized spacial score (nSPS) is 16.0. The molecule has 0 saturated carbocycles. The summed E-state index contributed by atoms with van der Waals surface area (Å²) in [6, 6.07) is 0. The number of nitrogens with two attached hydrogens (primary N) is 1. The Morgan fingerprint density at radius 1 is 1.45 bits per heavy atom. The molecule has 0 atom stereocenters. The standard InChI is InChI=1S/C8H10N2S/c9-8-4-10-3-6-1-2-11-5-7(6)8/h3-4H,1-2,5,9H2. The predicted octanol–water partition coefficient (Wildman–Crippen LogP) is 1.45. The minimum absolute atomic E-state index is 0.856. The van der Waals surface area contributed by atoms with E-state index in [2.05, 4.69) is 4.98 Å². The van der Waals surface area contributed by atoms with Crippen molar-refractivity contribution in [3.05, 3.63) is 23.5 Å². The summed E-state index contributed by atoms with van der Waals surface area (Å²) in [5.41, 5.74) is 9.26. The summed E-state index contributed by atoms with van der Waals surface area (Å²) in [6.45, 7) is 0. The van der Waals surface area contributed by atoms with Gasteiger partial charge in [0, 0.05) is 11.9 Å². The van der Waals surface area contributed by atoms with Gasteiger partial charge < -0.3 is 5.73 Å². The molecule has 0 radical (unpaired) electrons. The Bertz CT molecular complexity index is 273. The second-order valence-corrected chi connectivity index (χ2v) is 3.77. The van der Waals surface area contributed by atoms with Crippen molar-refractivity contribution in [2.24, 2.45) is 0 Å². The van der Waals surface area contributed by atoms with E-state index in [0.29, 0.717) is 0 Å². The SMILES string of the molecule is Nc1cncc2c1CSCC2. The Morgan fingerprint density at radius 3 is 3.18 bits per heavy atom. The summed E-state index contributed by atoms with van der Waals surface area (Å²) in [5.74, 6) is 2.27. The first-order valence-corrected chi connectivity index (χ1v) is 4.82. The van der Waals surface area contributed by atoms with Crippen molar-refractivity contribution in [2.45, 2.75) is 12.2 Å². The van der Waals surface area contributed by atoms with Gasteiger partial charge in [-0.05, 0) is 23.3 Å². The Morgan fingerprint density at radius 2 is 2.36 bits per heavy atom. The van der Waals surface area contributed by atoms with Crippen molar-refractivity contribution in [3.63, 3.8) is 0 Å². The van der Waals surface area contributed by atoms with Crippen LogP contribution in [0.15, 0.2) is 12.4 Å². The molecule has 0 saturated heterocycles.